The lowest BCUT2D eigenvalue weighted by Crippen LogP contribution is -2.44. The summed E-state index contributed by atoms with van der Waals surface area (Å²) in [6.07, 6.45) is 1.66. The average Bonchev–Trinajstić information content (AvgIpc) is 2.86. The van der Waals surface area contributed by atoms with Gasteiger partial charge in [-0.1, -0.05) is 59.6 Å². The fraction of sp³-hybridized carbons (Fsp3) is 0.160. The van der Waals surface area contributed by atoms with Gasteiger partial charge >= 0.3 is 0 Å². The quantitative estimate of drug-likeness (QED) is 0.419. The van der Waals surface area contributed by atoms with Crippen LogP contribution < -0.4 is 15.5 Å². The molecule has 166 valence electrons. The number of piperazine rings is 1. The van der Waals surface area contributed by atoms with Crippen LogP contribution in [0.2, 0.25) is 10.0 Å². The molecule has 3 aromatic carbocycles. The number of fused-ring (bicyclic) bond motifs is 1. The van der Waals surface area contributed by atoms with Crippen LogP contribution in [0.5, 0.6) is 0 Å². The number of carbonyl (C=O) groups is 1. The normalized spacial score (nSPS) is 13.8. The number of nitrogens with one attached hydrogen (secondary N) is 2. The van der Waals surface area contributed by atoms with Gasteiger partial charge < -0.3 is 15.5 Å². The number of anilines is 2. The summed E-state index contributed by atoms with van der Waals surface area (Å²) in [7, 11) is 0. The Labute approximate surface area is 201 Å². The maximum absolute atomic E-state index is 13.3. The Bertz CT molecular complexity index is 1330. The molecule has 0 bridgehead atoms. The van der Waals surface area contributed by atoms with Crippen molar-refractivity contribution in [3.63, 3.8) is 0 Å². The van der Waals surface area contributed by atoms with Crippen LogP contribution in [0.15, 0.2) is 66.9 Å². The van der Waals surface area contributed by atoms with Crippen molar-refractivity contribution in [1.29, 1.82) is 0 Å². The van der Waals surface area contributed by atoms with Gasteiger partial charge in [-0.05, 0) is 35.0 Å². The topological polar surface area (TPSA) is 70.2 Å². The highest BCUT2D eigenvalue weighted by atomic mass is 35.5. The third-order valence-electron chi connectivity index (χ3n) is 5.65. The minimum absolute atomic E-state index is 0.200. The molecular formula is C25H21Cl2N5O. The Kier molecular flexibility index (Phi) is 6.13. The summed E-state index contributed by atoms with van der Waals surface area (Å²) < 4.78 is 0. The first kappa shape index (κ1) is 21.6. The third kappa shape index (κ3) is 4.50. The summed E-state index contributed by atoms with van der Waals surface area (Å²) in [6.45, 7) is 3.22. The first-order chi connectivity index (χ1) is 16.1. The molecule has 0 unspecified atom stereocenters. The molecule has 0 saturated carbocycles. The zero-order valence-corrected chi connectivity index (χ0v) is 19.2. The summed E-state index contributed by atoms with van der Waals surface area (Å²) in [5.41, 5.74) is 1.93. The van der Waals surface area contributed by atoms with Crippen LogP contribution in [0.4, 0.5) is 11.5 Å². The van der Waals surface area contributed by atoms with Gasteiger partial charge in [-0.2, -0.15) is 0 Å². The van der Waals surface area contributed by atoms with E-state index in [1.54, 1.807) is 18.3 Å². The molecule has 0 aliphatic carbocycles. The van der Waals surface area contributed by atoms with Gasteiger partial charge in [0.15, 0.2) is 11.6 Å². The zero-order valence-electron chi connectivity index (χ0n) is 17.7. The second-order valence-corrected chi connectivity index (χ2v) is 8.59. The van der Waals surface area contributed by atoms with E-state index in [-0.39, 0.29) is 5.91 Å². The van der Waals surface area contributed by atoms with Crippen molar-refractivity contribution in [2.24, 2.45) is 0 Å². The molecular weight excluding hydrogens is 457 g/mol. The number of halogens is 2. The smallest absolute Gasteiger partial charge is 0.256 e. The number of rotatable bonds is 4. The maximum Gasteiger partial charge on any atom is 0.256 e. The summed E-state index contributed by atoms with van der Waals surface area (Å²) in [6, 6.07) is 18.8. The number of amides is 1. The number of carbonyl (C=O) groups excluding carboxylic acids is 1. The lowest BCUT2D eigenvalue weighted by atomic mass is 10.0. The van der Waals surface area contributed by atoms with E-state index < -0.39 is 0 Å². The fourth-order valence-electron chi connectivity index (χ4n) is 3.97. The molecule has 6 nitrogen and oxygen atoms in total. The van der Waals surface area contributed by atoms with Crippen LogP contribution >= 0.6 is 23.2 Å². The SMILES string of the molecule is O=C(Nc1cnc(-c2ccc(Cl)c(Cl)c2)nc1N1CCNCC1)c1cccc2ccccc12. The molecule has 33 heavy (non-hydrogen) atoms. The summed E-state index contributed by atoms with van der Waals surface area (Å²) in [5.74, 6) is 1.00. The van der Waals surface area contributed by atoms with Crippen molar-refractivity contribution in [3.8, 4) is 11.4 Å². The minimum Gasteiger partial charge on any atom is -0.352 e. The highest BCUT2D eigenvalue weighted by molar-refractivity contribution is 6.42. The predicted molar refractivity (Wildman–Crippen MR) is 134 cm³/mol. The first-order valence-corrected chi connectivity index (χ1v) is 11.4. The van der Waals surface area contributed by atoms with Crippen molar-refractivity contribution in [3.05, 3.63) is 82.5 Å². The maximum atomic E-state index is 13.3. The third-order valence-corrected chi connectivity index (χ3v) is 6.38. The largest absolute Gasteiger partial charge is 0.352 e. The standard InChI is InChI=1S/C25H21Cl2N5O/c26-20-9-8-17(14-21(20)27)23-29-15-22(24(31-23)32-12-10-28-11-13-32)30-25(33)19-7-3-5-16-4-1-2-6-18(16)19/h1-9,14-15,28H,10-13H2,(H,30,33). The molecule has 1 fully saturated rings. The molecule has 4 aromatic rings. The van der Waals surface area contributed by atoms with E-state index in [2.05, 4.69) is 20.5 Å². The van der Waals surface area contributed by atoms with E-state index in [1.807, 2.05) is 48.5 Å². The van der Waals surface area contributed by atoms with Gasteiger partial charge in [-0.15, -0.1) is 0 Å². The van der Waals surface area contributed by atoms with Crippen LogP contribution in [-0.4, -0.2) is 42.1 Å². The van der Waals surface area contributed by atoms with Crippen molar-refractivity contribution < 1.29 is 4.79 Å². The van der Waals surface area contributed by atoms with Gasteiger partial charge in [-0.25, -0.2) is 9.97 Å². The van der Waals surface area contributed by atoms with Crippen LogP contribution in [-0.2, 0) is 0 Å². The molecule has 1 aromatic heterocycles. The van der Waals surface area contributed by atoms with E-state index in [1.165, 1.54) is 0 Å². The van der Waals surface area contributed by atoms with Gasteiger partial charge in [0.05, 0.1) is 16.2 Å². The second kappa shape index (κ2) is 9.35. The molecule has 8 heteroatoms. The van der Waals surface area contributed by atoms with E-state index in [0.717, 1.165) is 42.5 Å². The first-order valence-electron chi connectivity index (χ1n) is 10.7. The van der Waals surface area contributed by atoms with Crippen LogP contribution in [0.1, 0.15) is 10.4 Å². The average molecular weight is 478 g/mol. The Balaban J connectivity index is 1.53. The molecule has 2 N–H and O–H groups in total. The number of benzene rings is 3. The molecule has 0 radical (unpaired) electrons. The molecule has 2 heterocycles. The molecule has 1 aliphatic rings. The van der Waals surface area contributed by atoms with E-state index in [0.29, 0.717) is 32.9 Å². The van der Waals surface area contributed by atoms with E-state index in [4.69, 9.17) is 28.2 Å². The van der Waals surface area contributed by atoms with Crippen molar-refractivity contribution in [2.45, 2.75) is 0 Å². The monoisotopic (exact) mass is 477 g/mol. The Morgan fingerprint density at radius 3 is 2.58 bits per heavy atom. The lowest BCUT2D eigenvalue weighted by Gasteiger charge is -2.30. The van der Waals surface area contributed by atoms with Crippen molar-refractivity contribution >= 4 is 51.4 Å². The van der Waals surface area contributed by atoms with Crippen LogP contribution in [0, 0.1) is 0 Å². The van der Waals surface area contributed by atoms with E-state index in [9.17, 15) is 4.79 Å². The zero-order chi connectivity index (χ0) is 22.8. The lowest BCUT2D eigenvalue weighted by molar-refractivity contribution is 0.102. The fourth-order valence-corrected chi connectivity index (χ4v) is 4.26. The van der Waals surface area contributed by atoms with Gasteiger partial charge in [-0.3, -0.25) is 4.79 Å². The molecule has 5 rings (SSSR count). The number of nitrogens with zero attached hydrogens (tertiary/aromatic N) is 3. The Morgan fingerprint density at radius 1 is 0.970 bits per heavy atom. The molecule has 1 aliphatic heterocycles. The summed E-state index contributed by atoms with van der Waals surface area (Å²) in [5, 5.41) is 9.21. The van der Waals surface area contributed by atoms with Gasteiger partial charge in [0, 0.05) is 37.3 Å². The highest BCUT2D eigenvalue weighted by Gasteiger charge is 2.20. The van der Waals surface area contributed by atoms with Gasteiger partial charge in [0.25, 0.3) is 5.91 Å². The Morgan fingerprint density at radius 2 is 1.76 bits per heavy atom. The van der Waals surface area contributed by atoms with Crippen molar-refractivity contribution in [1.82, 2.24) is 15.3 Å². The molecule has 1 amide bonds. The number of hydrogen-bond donors (Lipinski definition) is 2. The van der Waals surface area contributed by atoms with Crippen LogP contribution in [0.3, 0.4) is 0 Å². The molecule has 0 atom stereocenters. The van der Waals surface area contributed by atoms with Gasteiger partial charge in [0.1, 0.15) is 5.69 Å². The van der Waals surface area contributed by atoms with Crippen LogP contribution in [0.25, 0.3) is 22.2 Å². The number of aromatic nitrogens is 2. The second-order valence-electron chi connectivity index (χ2n) is 7.78. The Hall–Kier alpha value is -3.19. The predicted octanol–water partition coefficient (Wildman–Crippen LogP) is 5.27. The summed E-state index contributed by atoms with van der Waals surface area (Å²) in [4.78, 5) is 24.8. The van der Waals surface area contributed by atoms with Crippen molar-refractivity contribution in [2.75, 3.05) is 36.4 Å². The molecule has 0 spiro atoms. The number of hydrogen-bond acceptors (Lipinski definition) is 5. The minimum atomic E-state index is -0.200. The van der Waals surface area contributed by atoms with E-state index >= 15 is 0 Å². The highest BCUT2D eigenvalue weighted by Crippen LogP contribution is 2.31. The van der Waals surface area contributed by atoms with Gasteiger partial charge in [0.2, 0.25) is 0 Å². The summed E-state index contributed by atoms with van der Waals surface area (Å²) >= 11 is 12.3. The molecule has 1 saturated heterocycles.